The molecule has 0 fully saturated rings. The molecule has 0 bridgehead atoms. The minimum Gasteiger partial charge on any atom is -0.508 e. The van der Waals surface area contributed by atoms with Gasteiger partial charge in [0.05, 0.1) is 19.8 Å². The second kappa shape index (κ2) is 8.94. The van der Waals surface area contributed by atoms with Gasteiger partial charge in [0.2, 0.25) is 0 Å². The molecule has 1 aromatic heterocycles. The van der Waals surface area contributed by atoms with Gasteiger partial charge in [-0.3, -0.25) is 9.59 Å². The number of hydrogen-bond donors (Lipinski definition) is 2. The summed E-state index contributed by atoms with van der Waals surface area (Å²) in [5.41, 5.74) is 2.11. The zero-order chi connectivity index (χ0) is 19.9. The molecule has 1 heterocycles. The Kier molecular flexibility index (Phi) is 6.16. The summed E-state index contributed by atoms with van der Waals surface area (Å²) in [6.45, 7) is 0.0634. The van der Waals surface area contributed by atoms with Crippen molar-refractivity contribution in [3.05, 3.63) is 59.9 Å². The van der Waals surface area contributed by atoms with Crippen molar-refractivity contribution in [2.75, 3.05) is 20.3 Å². The van der Waals surface area contributed by atoms with Gasteiger partial charge in [0.1, 0.15) is 17.1 Å². The fourth-order valence-electron chi connectivity index (χ4n) is 2.86. The maximum atomic E-state index is 12.0. The predicted octanol–water partition coefficient (Wildman–Crippen LogP) is 2.59. The molecule has 3 aromatic rings. The van der Waals surface area contributed by atoms with Crippen LogP contribution in [0.3, 0.4) is 0 Å². The van der Waals surface area contributed by atoms with Crippen LogP contribution < -0.4 is 10.1 Å². The van der Waals surface area contributed by atoms with Crippen molar-refractivity contribution >= 4 is 22.8 Å². The highest BCUT2D eigenvalue weighted by atomic mass is 16.5. The molecule has 0 radical (unpaired) electrons. The van der Waals surface area contributed by atoms with Crippen molar-refractivity contribution < 1.29 is 28.6 Å². The van der Waals surface area contributed by atoms with Gasteiger partial charge in [0, 0.05) is 23.6 Å². The minimum absolute atomic E-state index is 0.0216. The molecule has 2 N–H and O–H groups in total. The minimum atomic E-state index is -0.532. The second-order valence-corrected chi connectivity index (χ2v) is 6.19. The van der Waals surface area contributed by atoms with E-state index >= 15 is 0 Å². The van der Waals surface area contributed by atoms with E-state index in [-0.39, 0.29) is 24.7 Å². The molecule has 0 saturated heterocycles. The van der Waals surface area contributed by atoms with Crippen LogP contribution in [-0.2, 0) is 27.2 Å². The highest BCUT2D eigenvalue weighted by Gasteiger charge is 2.13. The molecule has 0 aliphatic heterocycles. The number of phenolic OH excluding ortho intramolecular Hbond substituents is 1. The smallest absolute Gasteiger partial charge is 0.310 e. The summed E-state index contributed by atoms with van der Waals surface area (Å²) in [7, 11) is 1.60. The Morgan fingerprint density at radius 3 is 2.79 bits per heavy atom. The van der Waals surface area contributed by atoms with Gasteiger partial charge >= 0.3 is 5.97 Å². The number of ether oxygens (including phenoxy) is 2. The first-order chi connectivity index (χ1) is 13.6. The lowest BCUT2D eigenvalue weighted by Gasteiger charge is -2.09. The number of nitrogens with one attached hydrogen (secondary N) is 1. The lowest BCUT2D eigenvalue weighted by Crippen LogP contribution is -2.30. The van der Waals surface area contributed by atoms with Crippen LogP contribution in [0.1, 0.15) is 11.1 Å². The molecule has 1 amide bonds. The first-order valence-corrected chi connectivity index (χ1v) is 8.80. The Bertz CT molecular complexity index is 978. The Balaban J connectivity index is 1.43. The van der Waals surface area contributed by atoms with E-state index in [4.69, 9.17) is 13.9 Å². The largest absolute Gasteiger partial charge is 0.508 e. The SMILES string of the molecule is COc1ccccc1CCNC(=O)COC(=O)Cc1coc2cc(O)ccc12. The number of hydrogen-bond acceptors (Lipinski definition) is 6. The van der Waals surface area contributed by atoms with Gasteiger partial charge in [-0.15, -0.1) is 0 Å². The molecule has 3 rings (SSSR count). The van der Waals surface area contributed by atoms with Gasteiger partial charge in [-0.2, -0.15) is 0 Å². The molecule has 0 aliphatic rings. The number of fused-ring (bicyclic) bond motifs is 1. The number of carbonyl (C=O) groups excluding carboxylic acids is 2. The number of amides is 1. The van der Waals surface area contributed by atoms with E-state index < -0.39 is 5.97 Å². The molecule has 2 aromatic carbocycles. The lowest BCUT2D eigenvalue weighted by molar-refractivity contribution is -0.147. The van der Waals surface area contributed by atoms with Gasteiger partial charge in [0.15, 0.2) is 6.61 Å². The van der Waals surface area contributed by atoms with Crippen molar-refractivity contribution in [1.29, 1.82) is 0 Å². The third kappa shape index (κ3) is 4.82. The quantitative estimate of drug-likeness (QED) is 0.580. The molecule has 0 atom stereocenters. The average Bonchev–Trinajstić information content (AvgIpc) is 3.08. The van der Waals surface area contributed by atoms with Gasteiger partial charge in [-0.25, -0.2) is 0 Å². The van der Waals surface area contributed by atoms with Gasteiger partial charge in [-0.1, -0.05) is 18.2 Å². The highest BCUT2D eigenvalue weighted by Crippen LogP contribution is 2.25. The number of methoxy groups -OCH3 is 1. The molecule has 7 heteroatoms. The Morgan fingerprint density at radius 1 is 1.14 bits per heavy atom. The van der Waals surface area contributed by atoms with Crippen LogP contribution in [0.5, 0.6) is 11.5 Å². The molecular weight excluding hydrogens is 362 g/mol. The molecule has 0 unspecified atom stereocenters. The number of para-hydroxylation sites is 1. The van der Waals surface area contributed by atoms with E-state index in [0.29, 0.717) is 24.1 Å². The summed E-state index contributed by atoms with van der Waals surface area (Å²) in [4.78, 5) is 23.9. The first-order valence-electron chi connectivity index (χ1n) is 8.80. The standard InChI is InChI=1S/C21H21NO6/c1-26-18-5-3-2-4-14(18)8-9-22-20(24)13-28-21(25)10-15-12-27-19-11-16(23)6-7-17(15)19/h2-7,11-12,23H,8-10,13H2,1H3,(H,22,24). The van der Waals surface area contributed by atoms with Crippen molar-refractivity contribution in [1.82, 2.24) is 5.32 Å². The van der Waals surface area contributed by atoms with Gasteiger partial charge < -0.3 is 24.3 Å². The molecule has 0 spiro atoms. The van der Waals surface area contributed by atoms with Gasteiger partial charge in [-0.05, 0) is 30.2 Å². The summed E-state index contributed by atoms with van der Waals surface area (Å²) < 4.78 is 15.6. The van der Waals surface area contributed by atoms with Gasteiger partial charge in [0.25, 0.3) is 5.91 Å². The molecule has 28 heavy (non-hydrogen) atoms. The van der Waals surface area contributed by atoms with Crippen LogP contribution in [0.25, 0.3) is 11.0 Å². The van der Waals surface area contributed by atoms with Crippen molar-refractivity contribution in [3.8, 4) is 11.5 Å². The third-order valence-corrected chi connectivity index (χ3v) is 4.25. The number of esters is 1. The number of rotatable bonds is 8. The summed E-state index contributed by atoms with van der Waals surface area (Å²) in [5.74, 6) is -0.0505. The van der Waals surface area contributed by atoms with Crippen LogP contribution in [-0.4, -0.2) is 37.2 Å². The molecule has 7 nitrogen and oxygen atoms in total. The lowest BCUT2D eigenvalue weighted by atomic mass is 10.1. The monoisotopic (exact) mass is 383 g/mol. The van der Waals surface area contributed by atoms with E-state index in [1.807, 2.05) is 24.3 Å². The Morgan fingerprint density at radius 2 is 1.96 bits per heavy atom. The third-order valence-electron chi connectivity index (χ3n) is 4.25. The second-order valence-electron chi connectivity index (χ2n) is 6.19. The molecular formula is C21H21NO6. The highest BCUT2D eigenvalue weighted by molar-refractivity contribution is 5.87. The normalized spacial score (nSPS) is 10.6. The predicted molar refractivity (Wildman–Crippen MR) is 102 cm³/mol. The van der Waals surface area contributed by atoms with E-state index in [1.54, 1.807) is 13.2 Å². The van der Waals surface area contributed by atoms with Crippen LogP contribution in [0.4, 0.5) is 0 Å². The number of benzene rings is 2. The molecule has 146 valence electrons. The van der Waals surface area contributed by atoms with Crippen molar-refractivity contribution in [3.63, 3.8) is 0 Å². The average molecular weight is 383 g/mol. The summed E-state index contributed by atoms with van der Waals surface area (Å²) in [6, 6.07) is 12.2. The van der Waals surface area contributed by atoms with Crippen LogP contribution >= 0.6 is 0 Å². The fourth-order valence-corrected chi connectivity index (χ4v) is 2.86. The maximum Gasteiger partial charge on any atom is 0.310 e. The zero-order valence-corrected chi connectivity index (χ0v) is 15.4. The Hall–Kier alpha value is -3.48. The van der Waals surface area contributed by atoms with E-state index in [1.165, 1.54) is 18.4 Å². The summed E-state index contributed by atoms with van der Waals surface area (Å²) >= 11 is 0. The fraction of sp³-hybridized carbons (Fsp3) is 0.238. The maximum absolute atomic E-state index is 12.0. The van der Waals surface area contributed by atoms with Crippen molar-refractivity contribution in [2.45, 2.75) is 12.8 Å². The summed E-state index contributed by atoms with van der Waals surface area (Å²) in [5, 5.41) is 12.9. The van der Waals surface area contributed by atoms with Crippen LogP contribution in [0.15, 0.2) is 53.1 Å². The summed E-state index contributed by atoms with van der Waals surface area (Å²) in [6.07, 6.45) is 2.03. The zero-order valence-electron chi connectivity index (χ0n) is 15.4. The number of aromatic hydroxyl groups is 1. The Labute approximate surface area is 161 Å². The topological polar surface area (TPSA) is 98.0 Å². The van der Waals surface area contributed by atoms with Crippen LogP contribution in [0, 0.1) is 0 Å². The number of carbonyl (C=O) groups is 2. The van der Waals surface area contributed by atoms with E-state index in [2.05, 4.69) is 5.32 Å². The molecule has 0 saturated carbocycles. The van der Waals surface area contributed by atoms with E-state index in [9.17, 15) is 14.7 Å². The molecule has 0 aliphatic carbocycles. The first kappa shape index (κ1) is 19.3. The number of furan rings is 1. The van der Waals surface area contributed by atoms with Crippen LogP contribution in [0.2, 0.25) is 0 Å². The van der Waals surface area contributed by atoms with Crippen molar-refractivity contribution in [2.24, 2.45) is 0 Å². The van der Waals surface area contributed by atoms with E-state index in [0.717, 1.165) is 16.7 Å². The number of phenols is 1.